The van der Waals surface area contributed by atoms with Crippen molar-refractivity contribution in [1.29, 1.82) is 0 Å². The third kappa shape index (κ3) is 2.45. The van der Waals surface area contributed by atoms with E-state index in [1.165, 1.54) is 6.20 Å². The monoisotopic (exact) mass is 281 g/mol. The van der Waals surface area contributed by atoms with Crippen molar-refractivity contribution in [2.75, 3.05) is 13.2 Å². The molecule has 1 aliphatic carbocycles. The molecule has 0 unspecified atom stereocenters. The fourth-order valence-electron chi connectivity index (χ4n) is 2.63. The number of nitrogens with one attached hydrogen (secondary N) is 1. The number of rotatable bonds is 5. The van der Waals surface area contributed by atoms with Crippen LogP contribution >= 0.6 is 0 Å². The van der Waals surface area contributed by atoms with Gasteiger partial charge >= 0.3 is 0 Å². The Morgan fingerprint density at radius 3 is 2.85 bits per heavy atom. The van der Waals surface area contributed by atoms with Crippen LogP contribution in [0.2, 0.25) is 0 Å². The Morgan fingerprint density at radius 2 is 2.35 bits per heavy atom. The SMILES string of the molecule is CCO[C@@H]1C[C@@](O)(CNC(=O)c2cnn(C)c2)C1(C)C. The maximum absolute atomic E-state index is 12.0. The van der Waals surface area contributed by atoms with Crippen LogP contribution in [0.15, 0.2) is 12.4 Å². The topological polar surface area (TPSA) is 76.4 Å². The zero-order valence-corrected chi connectivity index (χ0v) is 12.5. The second-order valence-electron chi connectivity index (χ2n) is 5.99. The van der Waals surface area contributed by atoms with Gasteiger partial charge in [0.25, 0.3) is 5.91 Å². The highest BCUT2D eigenvalue weighted by Crippen LogP contribution is 2.50. The molecule has 0 spiro atoms. The number of hydrogen-bond acceptors (Lipinski definition) is 4. The van der Waals surface area contributed by atoms with E-state index in [9.17, 15) is 9.90 Å². The fourth-order valence-corrected chi connectivity index (χ4v) is 2.63. The molecule has 1 aliphatic rings. The predicted molar refractivity (Wildman–Crippen MR) is 74.3 cm³/mol. The van der Waals surface area contributed by atoms with Gasteiger partial charge in [-0.3, -0.25) is 9.48 Å². The van der Waals surface area contributed by atoms with Crippen molar-refractivity contribution in [3.05, 3.63) is 18.0 Å². The van der Waals surface area contributed by atoms with Crippen LogP contribution in [0, 0.1) is 5.41 Å². The molecule has 6 heteroatoms. The highest BCUT2D eigenvalue weighted by Gasteiger charge is 2.59. The van der Waals surface area contributed by atoms with E-state index in [1.807, 2.05) is 20.8 Å². The lowest BCUT2D eigenvalue weighted by atomic mass is 9.56. The normalized spacial score (nSPS) is 27.9. The zero-order chi connectivity index (χ0) is 15.0. The van der Waals surface area contributed by atoms with Gasteiger partial charge in [0.15, 0.2) is 0 Å². The predicted octanol–water partition coefficient (Wildman–Crippen LogP) is 0.716. The molecule has 2 N–H and O–H groups in total. The van der Waals surface area contributed by atoms with Gasteiger partial charge in [-0.2, -0.15) is 5.10 Å². The van der Waals surface area contributed by atoms with Gasteiger partial charge in [0.05, 0.1) is 23.5 Å². The number of ether oxygens (including phenoxy) is 1. The second kappa shape index (κ2) is 5.18. The Labute approximate surface area is 119 Å². The molecular weight excluding hydrogens is 258 g/mol. The van der Waals surface area contributed by atoms with Crippen LogP contribution in [-0.4, -0.2) is 45.7 Å². The molecule has 2 rings (SSSR count). The Balaban J connectivity index is 1.93. The number of aryl methyl sites for hydroxylation is 1. The molecule has 20 heavy (non-hydrogen) atoms. The van der Waals surface area contributed by atoms with Gasteiger partial charge in [-0.25, -0.2) is 0 Å². The lowest BCUT2D eigenvalue weighted by molar-refractivity contribution is -0.237. The van der Waals surface area contributed by atoms with E-state index in [2.05, 4.69) is 10.4 Å². The number of hydrogen-bond donors (Lipinski definition) is 2. The number of carbonyl (C=O) groups is 1. The average Bonchev–Trinajstić information content (AvgIpc) is 2.82. The summed E-state index contributed by atoms with van der Waals surface area (Å²) in [6.45, 7) is 6.72. The van der Waals surface area contributed by atoms with Gasteiger partial charge in [-0.15, -0.1) is 0 Å². The Bertz CT molecular complexity index is 498. The van der Waals surface area contributed by atoms with Crippen molar-refractivity contribution in [1.82, 2.24) is 15.1 Å². The van der Waals surface area contributed by atoms with Crippen LogP contribution < -0.4 is 5.32 Å². The molecule has 1 amide bonds. The van der Waals surface area contributed by atoms with Gasteiger partial charge in [0.1, 0.15) is 0 Å². The third-order valence-corrected chi connectivity index (χ3v) is 4.40. The largest absolute Gasteiger partial charge is 0.387 e. The average molecular weight is 281 g/mol. The molecule has 1 saturated carbocycles. The second-order valence-corrected chi connectivity index (χ2v) is 5.99. The molecule has 1 heterocycles. The van der Waals surface area contributed by atoms with E-state index in [4.69, 9.17) is 4.74 Å². The van der Waals surface area contributed by atoms with E-state index < -0.39 is 5.60 Å². The summed E-state index contributed by atoms with van der Waals surface area (Å²) in [6, 6.07) is 0. The lowest BCUT2D eigenvalue weighted by Gasteiger charge is -2.57. The van der Waals surface area contributed by atoms with Crippen LogP contribution in [0.4, 0.5) is 0 Å². The summed E-state index contributed by atoms with van der Waals surface area (Å²) in [5.74, 6) is -0.220. The summed E-state index contributed by atoms with van der Waals surface area (Å²) in [6.07, 6.45) is 3.73. The van der Waals surface area contributed by atoms with Crippen molar-refractivity contribution in [2.45, 2.75) is 38.9 Å². The first kappa shape index (κ1) is 15.0. The van der Waals surface area contributed by atoms with Gasteiger partial charge in [-0.1, -0.05) is 13.8 Å². The van der Waals surface area contributed by atoms with E-state index in [1.54, 1.807) is 17.9 Å². The van der Waals surface area contributed by atoms with Gasteiger partial charge in [-0.05, 0) is 6.92 Å². The van der Waals surface area contributed by atoms with E-state index in [0.717, 1.165) is 0 Å². The van der Waals surface area contributed by atoms with Crippen LogP contribution in [0.25, 0.3) is 0 Å². The lowest BCUT2D eigenvalue weighted by Crippen LogP contribution is -2.68. The first-order valence-electron chi connectivity index (χ1n) is 6.91. The van der Waals surface area contributed by atoms with Gasteiger partial charge in [0.2, 0.25) is 0 Å². The van der Waals surface area contributed by atoms with Crippen LogP contribution in [0.3, 0.4) is 0 Å². The van der Waals surface area contributed by atoms with Crippen molar-refractivity contribution in [3.8, 4) is 0 Å². The number of amides is 1. The minimum absolute atomic E-state index is 0.0350. The van der Waals surface area contributed by atoms with Crippen molar-refractivity contribution >= 4 is 5.91 Å². The highest BCUT2D eigenvalue weighted by molar-refractivity contribution is 5.93. The van der Waals surface area contributed by atoms with E-state index in [0.29, 0.717) is 18.6 Å². The van der Waals surface area contributed by atoms with Crippen molar-refractivity contribution < 1.29 is 14.6 Å². The number of nitrogens with zero attached hydrogens (tertiary/aromatic N) is 2. The molecule has 1 aromatic rings. The molecule has 112 valence electrons. The van der Waals surface area contributed by atoms with Crippen molar-refractivity contribution in [2.24, 2.45) is 12.5 Å². The summed E-state index contributed by atoms with van der Waals surface area (Å²) < 4.78 is 7.17. The van der Waals surface area contributed by atoms with Crippen molar-refractivity contribution in [3.63, 3.8) is 0 Å². The molecule has 0 aliphatic heterocycles. The minimum atomic E-state index is -0.926. The number of carbonyl (C=O) groups excluding carboxylic acids is 1. The van der Waals surface area contributed by atoms with Crippen LogP contribution in [0.5, 0.6) is 0 Å². The fraction of sp³-hybridized carbons (Fsp3) is 0.714. The standard InChI is InChI=1S/C14H23N3O3/c1-5-20-11-6-14(19,13(11,2)3)9-15-12(18)10-7-16-17(4)8-10/h7-8,11,19H,5-6,9H2,1-4H3,(H,15,18)/t11-,14-/m1/s1. The van der Waals surface area contributed by atoms with Gasteiger partial charge in [0, 0.05) is 38.2 Å². The number of aromatic nitrogens is 2. The molecular formula is C14H23N3O3. The Hall–Kier alpha value is -1.40. The van der Waals surface area contributed by atoms with Crippen LogP contribution in [-0.2, 0) is 11.8 Å². The quantitative estimate of drug-likeness (QED) is 0.833. The molecule has 0 aromatic carbocycles. The summed E-state index contributed by atoms with van der Waals surface area (Å²) in [5.41, 5.74) is -0.801. The summed E-state index contributed by atoms with van der Waals surface area (Å²) in [7, 11) is 1.76. The molecule has 0 radical (unpaired) electrons. The molecule has 2 atom stereocenters. The number of aliphatic hydroxyl groups is 1. The molecule has 1 aromatic heterocycles. The van der Waals surface area contributed by atoms with Gasteiger partial charge < -0.3 is 15.2 Å². The first-order valence-corrected chi connectivity index (χ1v) is 6.91. The Kier molecular flexibility index (Phi) is 3.88. The highest BCUT2D eigenvalue weighted by atomic mass is 16.5. The smallest absolute Gasteiger partial charge is 0.254 e. The summed E-state index contributed by atoms with van der Waals surface area (Å²) in [4.78, 5) is 12.0. The van der Waals surface area contributed by atoms with E-state index >= 15 is 0 Å². The first-order chi connectivity index (χ1) is 9.30. The maximum Gasteiger partial charge on any atom is 0.254 e. The molecule has 1 fully saturated rings. The minimum Gasteiger partial charge on any atom is -0.387 e. The Morgan fingerprint density at radius 1 is 1.65 bits per heavy atom. The molecule has 6 nitrogen and oxygen atoms in total. The molecule has 0 saturated heterocycles. The maximum atomic E-state index is 12.0. The summed E-state index contributed by atoms with van der Waals surface area (Å²) >= 11 is 0. The van der Waals surface area contributed by atoms with Crippen LogP contribution in [0.1, 0.15) is 37.6 Å². The van der Waals surface area contributed by atoms with E-state index in [-0.39, 0.29) is 24.0 Å². The zero-order valence-electron chi connectivity index (χ0n) is 12.5. The summed E-state index contributed by atoms with van der Waals surface area (Å²) in [5, 5.41) is 17.4. The molecule has 0 bridgehead atoms. The third-order valence-electron chi connectivity index (χ3n) is 4.40.